The van der Waals surface area contributed by atoms with Crippen molar-refractivity contribution in [1.82, 2.24) is 10.3 Å². The molecule has 0 fully saturated rings. The van der Waals surface area contributed by atoms with Gasteiger partial charge < -0.3 is 24.8 Å². The Hall–Kier alpha value is -3.22. The molecule has 1 amide bonds. The van der Waals surface area contributed by atoms with Gasteiger partial charge in [0.1, 0.15) is 5.75 Å². The van der Waals surface area contributed by atoms with Gasteiger partial charge in [-0.3, -0.25) is 4.79 Å². The van der Waals surface area contributed by atoms with Crippen LogP contribution in [0.1, 0.15) is 0 Å². The second-order valence-electron chi connectivity index (χ2n) is 5.01. The summed E-state index contributed by atoms with van der Waals surface area (Å²) in [6, 6.07) is 8.93. The van der Waals surface area contributed by atoms with Gasteiger partial charge in [0.2, 0.25) is 18.6 Å². The summed E-state index contributed by atoms with van der Waals surface area (Å²) in [6.45, 7) is 0.721. The quantitative estimate of drug-likeness (QED) is 0.899. The fraction of sp³-hybridized carbons (Fsp3) is 0.125. The van der Waals surface area contributed by atoms with E-state index in [2.05, 4.69) is 15.6 Å². The molecule has 4 rings (SSSR count). The molecule has 0 unspecified atom stereocenters. The summed E-state index contributed by atoms with van der Waals surface area (Å²) in [5, 5.41) is 5.81. The Morgan fingerprint density at radius 1 is 1.17 bits per heavy atom. The number of carbonyl (C=O) groups is 1. The van der Waals surface area contributed by atoms with Crippen molar-refractivity contribution in [2.24, 2.45) is 0 Å². The van der Waals surface area contributed by atoms with Gasteiger partial charge in [0.15, 0.2) is 11.5 Å². The number of ether oxygens (including phenoxy) is 3. The van der Waals surface area contributed by atoms with Crippen molar-refractivity contribution in [3.63, 3.8) is 0 Å². The van der Waals surface area contributed by atoms with Crippen LogP contribution in [-0.2, 0) is 4.79 Å². The van der Waals surface area contributed by atoms with Crippen molar-refractivity contribution in [2.75, 3.05) is 18.7 Å². The second kappa shape index (κ2) is 5.53. The first-order chi connectivity index (χ1) is 11.3. The molecule has 2 aromatic rings. The number of hydrogen-bond donors (Lipinski definition) is 2. The van der Waals surface area contributed by atoms with E-state index >= 15 is 0 Å². The van der Waals surface area contributed by atoms with Crippen LogP contribution in [-0.4, -0.2) is 24.2 Å². The van der Waals surface area contributed by atoms with Gasteiger partial charge in [-0.15, -0.1) is 0 Å². The number of nitrogens with zero attached hydrogens (tertiary/aromatic N) is 1. The summed E-state index contributed by atoms with van der Waals surface area (Å²) < 4.78 is 16.3. The zero-order valence-corrected chi connectivity index (χ0v) is 12.0. The van der Waals surface area contributed by atoms with Crippen LogP contribution >= 0.6 is 0 Å². The maximum atomic E-state index is 11.1. The fourth-order valence-electron chi connectivity index (χ4n) is 2.28. The molecule has 0 atom stereocenters. The van der Waals surface area contributed by atoms with E-state index in [0.29, 0.717) is 29.7 Å². The lowest BCUT2D eigenvalue weighted by atomic mass is 10.3. The summed E-state index contributed by atoms with van der Waals surface area (Å²) in [5.41, 5.74) is 1.59. The number of rotatable bonds is 4. The molecule has 2 N–H and O–H groups in total. The van der Waals surface area contributed by atoms with Crippen molar-refractivity contribution >= 4 is 11.6 Å². The largest absolute Gasteiger partial charge is 0.454 e. The lowest BCUT2D eigenvalue weighted by molar-refractivity contribution is -0.115. The highest BCUT2D eigenvalue weighted by Crippen LogP contribution is 2.36. The third-order valence-corrected chi connectivity index (χ3v) is 3.37. The third kappa shape index (κ3) is 2.89. The van der Waals surface area contributed by atoms with Crippen LogP contribution in [0.3, 0.4) is 0 Å². The maximum absolute atomic E-state index is 11.1. The Morgan fingerprint density at radius 2 is 2.09 bits per heavy atom. The van der Waals surface area contributed by atoms with Gasteiger partial charge in [0.05, 0.1) is 18.4 Å². The average Bonchev–Trinajstić information content (AvgIpc) is 3.17. The summed E-state index contributed by atoms with van der Waals surface area (Å²) in [4.78, 5) is 15.3. The van der Waals surface area contributed by atoms with Crippen LogP contribution in [0.4, 0.5) is 5.69 Å². The number of aromatic nitrogens is 1. The molecule has 1 aromatic carbocycles. The topological polar surface area (TPSA) is 81.7 Å². The molecule has 23 heavy (non-hydrogen) atoms. The van der Waals surface area contributed by atoms with Crippen molar-refractivity contribution in [3.05, 3.63) is 48.3 Å². The number of carbonyl (C=O) groups excluding carboxylic acids is 1. The van der Waals surface area contributed by atoms with Crippen LogP contribution < -0.4 is 24.8 Å². The number of benzene rings is 1. The van der Waals surface area contributed by atoms with Crippen LogP contribution in [0.15, 0.2) is 48.3 Å². The minimum Gasteiger partial charge on any atom is -0.454 e. The highest BCUT2D eigenvalue weighted by atomic mass is 16.7. The Labute approximate surface area is 131 Å². The van der Waals surface area contributed by atoms with E-state index in [1.165, 1.54) is 6.08 Å². The smallest absolute Gasteiger partial charge is 0.246 e. The molecule has 3 heterocycles. The van der Waals surface area contributed by atoms with Gasteiger partial charge in [-0.1, -0.05) is 0 Å². The Balaban J connectivity index is 1.44. The van der Waals surface area contributed by atoms with E-state index in [1.54, 1.807) is 30.5 Å². The highest BCUT2D eigenvalue weighted by Gasteiger charge is 2.14. The fourth-order valence-corrected chi connectivity index (χ4v) is 2.28. The van der Waals surface area contributed by atoms with Gasteiger partial charge in [-0.05, 0) is 18.2 Å². The molecule has 116 valence electrons. The number of pyridine rings is 1. The normalized spacial score (nSPS) is 15.1. The first-order valence-corrected chi connectivity index (χ1v) is 7.05. The van der Waals surface area contributed by atoms with Crippen molar-refractivity contribution < 1.29 is 19.0 Å². The summed E-state index contributed by atoms with van der Waals surface area (Å²) in [7, 11) is 0. The summed E-state index contributed by atoms with van der Waals surface area (Å²) >= 11 is 0. The van der Waals surface area contributed by atoms with Gasteiger partial charge >= 0.3 is 0 Å². The van der Waals surface area contributed by atoms with Gasteiger partial charge in [-0.25, -0.2) is 4.98 Å². The molecule has 0 aliphatic carbocycles. The van der Waals surface area contributed by atoms with E-state index in [4.69, 9.17) is 14.2 Å². The average molecular weight is 311 g/mol. The molecule has 0 spiro atoms. The van der Waals surface area contributed by atoms with Crippen LogP contribution in [0.25, 0.3) is 0 Å². The van der Waals surface area contributed by atoms with Crippen LogP contribution in [0.5, 0.6) is 23.1 Å². The molecule has 7 heteroatoms. The predicted molar refractivity (Wildman–Crippen MR) is 81.6 cm³/mol. The molecule has 0 saturated carbocycles. The van der Waals surface area contributed by atoms with E-state index in [0.717, 1.165) is 11.4 Å². The molecule has 2 aliphatic heterocycles. The zero-order valence-electron chi connectivity index (χ0n) is 12.0. The molecular formula is C16H13N3O4. The van der Waals surface area contributed by atoms with E-state index in [9.17, 15) is 4.79 Å². The van der Waals surface area contributed by atoms with Crippen molar-refractivity contribution in [1.29, 1.82) is 0 Å². The first kappa shape index (κ1) is 13.4. The van der Waals surface area contributed by atoms with Crippen molar-refractivity contribution in [2.45, 2.75) is 0 Å². The van der Waals surface area contributed by atoms with Crippen LogP contribution in [0.2, 0.25) is 0 Å². The van der Waals surface area contributed by atoms with Gasteiger partial charge in [0, 0.05) is 23.9 Å². The number of amides is 1. The zero-order chi connectivity index (χ0) is 15.6. The van der Waals surface area contributed by atoms with Crippen LogP contribution in [0, 0.1) is 0 Å². The molecule has 0 bridgehead atoms. The molecule has 2 aliphatic rings. The summed E-state index contributed by atoms with van der Waals surface area (Å²) in [5.74, 6) is 2.35. The standard InChI is InChI=1S/C16H13N3O4/c20-15-5-11(8-17-15)19-10-1-4-16(18-7-10)23-12-2-3-13-14(6-12)22-9-21-13/h1-7,19H,8-9H2,(H,17,20). The minimum atomic E-state index is -0.0942. The maximum Gasteiger partial charge on any atom is 0.246 e. The molecular weight excluding hydrogens is 298 g/mol. The lowest BCUT2D eigenvalue weighted by Gasteiger charge is -2.08. The van der Waals surface area contributed by atoms with Gasteiger partial charge in [0.25, 0.3) is 0 Å². The second-order valence-corrected chi connectivity index (χ2v) is 5.01. The number of fused-ring (bicyclic) bond motifs is 1. The number of anilines is 1. The lowest BCUT2D eigenvalue weighted by Crippen LogP contribution is -2.16. The Morgan fingerprint density at radius 3 is 2.87 bits per heavy atom. The minimum absolute atomic E-state index is 0.0942. The van der Waals surface area contributed by atoms with Crippen molar-refractivity contribution in [3.8, 4) is 23.1 Å². The SMILES string of the molecule is O=C1C=C(Nc2ccc(Oc3ccc4c(c3)OCO4)nc2)CN1. The van der Waals surface area contributed by atoms with E-state index in [-0.39, 0.29) is 12.7 Å². The Bertz CT molecular complexity index is 786. The molecule has 0 saturated heterocycles. The Kier molecular flexibility index (Phi) is 3.23. The first-order valence-electron chi connectivity index (χ1n) is 7.05. The molecule has 1 aromatic heterocycles. The van der Waals surface area contributed by atoms with E-state index < -0.39 is 0 Å². The monoisotopic (exact) mass is 311 g/mol. The summed E-state index contributed by atoms with van der Waals surface area (Å²) in [6.07, 6.45) is 3.17. The molecule has 0 radical (unpaired) electrons. The number of nitrogens with one attached hydrogen (secondary N) is 2. The van der Waals surface area contributed by atoms with E-state index in [1.807, 2.05) is 6.07 Å². The highest BCUT2D eigenvalue weighted by molar-refractivity contribution is 5.91. The number of hydrogen-bond acceptors (Lipinski definition) is 6. The third-order valence-electron chi connectivity index (χ3n) is 3.37. The predicted octanol–water partition coefficient (Wildman–Crippen LogP) is 2.03. The molecule has 7 nitrogen and oxygen atoms in total. The van der Waals surface area contributed by atoms with Gasteiger partial charge in [-0.2, -0.15) is 0 Å².